The second-order valence-electron chi connectivity index (χ2n) is 6.88. The van der Waals surface area contributed by atoms with E-state index in [9.17, 15) is 19.4 Å². The predicted molar refractivity (Wildman–Crippen MR) is 101 cm³/mol. The highest BCUT2D eigenvalue weighted by Gasteiger charge is 2.43. The van der Waals surface area contributed by atoms with Crippen LogP contribution in [0.5, 0.6) is 5.75 Å². The first-order valence-electron chi connectivity index (χ1n) is 9.07. The third kappa shape index (κ3) is 2.84. The zero-order valence-electron chi connectivity index (χ0n) is 15.3. The van der Waals surface area contributed by atoms with Gasteiger partial charge in [0.25, 0.3) is 5.91 Å². The van der Waals surface area contributed by atoms with Gasteiger partial charge >= 0.3 is 0 Å². The van der Waals surface area contributed by atoms with Crippen molar-refractivity contribution in [3.8, 4) is 17.0 Å². The van der Waals surface area contributed by atoms with Gasteiger partial charge in [0.1, 0.15) is 23.0 Å². The van der Waals surface area contributed by atoms with E-state index in [1.807, 2.05) is 6.92 Å². The van der Waals surface area contributed by atoms with Crippen LogP contribution in [0.2, 0.25) is 0 Å². The lowest BCUT2D eigenvalue weighted by Crippen LogP contribution is -2.31. The fraction of sp³-hybridized carbons (Fsp3) is 0.238. The van der Waals surface area contributed by atoms with E-state index in [0.29, 0.717) is 28.8 Å². The Morgan fingerprint density at radius 3 is 2.79 bits per heavy atom. The van der Waals surface area contributed by atoms with Crippen molar-refractivity contribution in [2.45, 2.75) is 19.4 Å². The van der Waals surface area contributed by atoms with Gasteiger partial charge in [0.05, 0.1) is 6.04 Å². The third-order valence-electron chi connectivity index (χ3n) is 5.03. The molecule has 1 amide bonds. The molecule has 1 unspecified atom stereocenters. The van der Waals surface area contributed by atoms with Crippen LogP contribution in [0.3, 0.4) is 0 Å². The summed E-state index contributed by atoms with van der Waals surface area (Å²) >= 11 is 0. The van der Waals surface area contributed by atoms with Gasteiger partial charge in [-0.15, -0.1) is 0 Å². The Hall–Kier alpha value is -3.19. The highest BCUT2D eigenvalue weighted by molar-refractivity contribution is 6.00. The molecule has 0 bridgehead atoms. The number of aromatic amines is 1. The quantitative estimate of drug-likeness (QED) is 0.633. The highest BCUT2D eigenvalue weighted by Crippen LogP contribution is 2.45. The molecule has 4 rings (SSSR count). The molecule has 0 spiro atoms. The Balaban J connectivity index is 1.92. The number of amides is 1. The molecule has 7 heteroatoms. The number of H-pyrrole nitrogens is 1. The van der Waals surface area contributed by atoms with E-state index in [2.05, 4.69) is 10.2 Å². The summed E-state index contributed by atoms with van der Waals surface area (Å²) < 4.78 is 14.7. The van der Waals surface area contributed by atoms with Gasteiger partial charge < -0.3 is 15.1 Å². The number of benzene rings is 2. The van der Waals surface area contributed by atoms with Crippen molar-refractivity contribution >= 4 is 5.91 Å². The summed E-state index contributed by atoms with van der Waals surface area (Å²) in [6.07, 6.45) is 0.374. The van der Waals surface area contributed by atoms with Crippen LogP contribution in [-0.4, -0.2) is 44.4 Å². The van der Waals surface area contributed by atoms with Gasteiger partial charge in [-0.1, -0.05) is 29.8 Å². The molecule has 0 saturated carbocycles. The monoisotopic (exact) mass is 381 g/mol. The van der Waals surface area contributed by atoms with Crippen molar-refractivity contribution in [3.63, 3.8) is 0 Å². The number of aliphatic hydroxyl groups excluding tert-OH is 1. The Labute approximate surface area is 161 Å². The zero-order chi connectivity index (χ0) is 19.8. The van der Waals surface area contributed by atoms with Gasteiger partial charge in [-0.3, -0.25) is 9.89 Å². The number of aromatic nitrogens is 2. The average Bonchev–Trinajstić information content (AvgIpc) is 3.22. The van der Waals surface area contributed by atoms with Crippen molar-refractivity contribution in [3.05, 3.63) is 70.7 Å². The molecule has 28 heavy (non-hydrogen) atoms. The summed E-state index contributed by atoms with van der Waals surface area (Å²) in [6.45, 7) is 2.09. The Bertz CT molecular complexity index is 1050. The van der Waals surface area contributed by atoms with Crippen LogP contribution < -0.4 is 0 Å². The average molecular weight is 381 g/mol. The molecular formula is C21H20FN3O3. The molecule has 3 N–H and O–H groups in total. The van der Waals surface area contributed by atoms with Crippen molar-refractivity contribution in [1.29, 1.82) is 0 Å². The molecule has 0 fully saturated rings. The molecule has 144 valence electrons. The van der Waals surface area contributed by atoms with Crippen molar-refractivity contribution in [2.75, 3.05) is 13.2 Å². The topological polar surface area (TPSA) is 89.5 Å². The minimum Gasteiger partial charge on any atom is -0.507 e. The van der Waals surface area contributed by atoms with Gasteiger partial charge in [0.15, 0.2) is 0 Å². The molecule has 3 aromatic rings. The van der Waals surface area contributed by atoms with Crippen LogP contribution in [-0.2, 0) is 0 Å². The van der Waals surface area contributed by atoms with Crippen molar-refractivity contribution < 1.29 is 19.4 Å². The number of aliphatic hydroxyl groups is 1. The molecule has 1 aromatic heterocycles. The van der Waals surface area contributed by atoms with E-state index in [-0.39, 0.29) is 30.5 Å². The number of halogens is 1. The first-order valence-corrected chi connectivity index (χ1v) is 9.07. The van der Waals surface area contributed by atoms with Crippen LogP contribution in [0.15, 0.2) is 42.5 Å². The summed E-state index contributed by atoms with van der Waals surface area (Å²) in [5.41, 5.74) is 2.99. The summed E-state index contributed by atoms with van der Waals surface area (Å²) in [7, 11) is 0. The van der Waals surface area contributed by atoms with E-state index in [4.69, 9.17) is 0 Å². The zero-order valence-corrected chi connectivity index (χ0v) is 15.3. The van der Waals surface area contributed by atoms with Crippen molar-refractivity contribution in [1.82, 2.24) is 15.1 Å². The van der Waals surface area contributed by atoms with E-state index in [1.165, 1.54) is 11.0 Å². The lowest BCUT2D eigenvalue weighted by atomic mass is 9.94. The molecule has 0 radical (unpaired) electrons. The van der Waals surface area contributed by atoms with Crippen molar-refractivity contribution in [2.24, 2.45) is 0 Å². The number of hydrogen-bond donors (Lipinski definition) is 3. The fourth-order valence-corrected chi connectivity index (χ4v) is 3.73. The predicted octanol–water partition coefficient (Wildman–Crippen LogP) is 3.16. The van der Waals surface area contributed by atoms with Crippen LogP contribution in [0.4, 0.5) is 4.39 Å². The largest absolute Gasteiger partial charge is 0.507 e. The Kier molecular flexibility index (Phi) is 4.60. The number of carbonyl (C=O) groups excluding carboxylic acids is 1. The Morgan fingerprint density at radius 1 is 1.25 bits per heavy atom. The molecule has 2 aromatic carbocycles. The number of hydrogen-bond acceptors (Lipinski definition) is 4. The van der Waals surface area contributed by atoms with E-state index in [1.54, 1.807) is 36.4 Å². The van der Waals surface area contributed by atoms with Gasteiger partial charge in [0, 0.05) is 29.8 Å². The van der Waals surface area contributed by atoms with Gasteiger partial charge in [-0.25, -0.2) is 4.39 Å². The maximum Gasteiger partial charge on any atom is 0.273 e. The van der Waals surface area contributed by atoms with Crippen LogP contribution in [0, 0.1) is 12.7 Å². The normalized spacial score (nSPS) is 15.9. The second-order valence-corrected chi connectivity index (χ2v) is 6.88. The molecule has 2 heterocycles. The number of rotatable bonds is 5. The minimum absolute atomic E-state index is 0.0356. The summed E-state index contributed by atoms with van der Waals surface area (Å²) in [6, 6.07) is 10.7. The lowest BCUT2D eigenvalue weighted by molar-refractivity contribution is 0.0730. The molecule has 0 saturated heterocycles. The smallest absolute Gasteiger partial charge is 0.273 e. The van der Waals surface area contributed by atoms with Gasteiger partial charge in [-0.05, 0) is 31.5 Å². The number of nitrogens with zero attached hydrogens (tertiary/aromatic N) is 2. The molecule has 1 aliphatic heterocycles. The third-order valence-corrected chi connectivity index (χ3v) is 5.03. The molecule has 1 aliphatic rings. The van der Waals surface area contributed by atoms with Gasteiger partial charge in [0.2, 0.25) is 0 Å². The number of phenolic OH excluding ortho intramolecular Hbond substituents is 1. The molecule has 1 atom stereocenters. The summed E-state index contributed by atoms with van der Waals surface area (Å²) in [5.74, 6) is -0.696. The standard InChI is InChI=1S/C21H20FN3O3/c1-12-7-8-16(27)14(11-12)18-17-19(24-23-18)21(28)25(9-4-10-26)20(17)13-5-2-3-6-15(13)22/h2-3,5-8,11,20,26-27H,4,9-10H2,1H3,(H,23,24). The summed E-state index contributed by atoms with van der Waals surface area (Å²) in [5, 5.41) is 26.6. The van der Waals surface area contributed by atoms with E-state index >= 15 is 0 Å². The fourth-order valence-electron chi connectivity index (χ4n) is 3.73. The minimum atomic E-state index is -0.691. The van der Waals surface area contributed by atoms with Crippen LogP contribution in [0.25, 0.3) is 11.3 Å². The number of aryl methyl sites for hydroxylation is 1. The summed E-state index contributed by atoms with van der Waals surface area (Å²) in [4.78, 5) is 14.5. The van der Waals surface area contributed by atoms with Gasteiger partial charge in [-0.2, -0.15) is 5.10 Å². The number of carbonyl (C=O) groups is 1. The number of aromatic hydroxyl groups is 1. The lowest BCUT2D eigenvalue weighted by Gasteiger charge is -2.26. The number of nitrogens with one attached hydrogen (secondary N) is 1. The molecule has 0 aliphatic carbocycles. The second kappa shape index (κ2) is 7.09. The first kappa shape index (κ1) is 18.2. The van der Waals surface area contributed by atoms with Crippen LogP contribution >= 0.6 is 0 Å². The maximum absolute atomic E-state index is 14.7. The number of phenols is 1. The Morgan fingerprint density at radius 2 is 2.04 bits per heavy atom. The SMILES string of the molecule is Cc1ccc(O)c(-c2n[nH]c3c2C(c2ccccc2F)N(CCCO)C3=O)c1. The van der Waals surface area contributed by atoms with E-state index < -0.39 is 11.9 Å². The maximum atomic E-state index is 14.7. The first-order chi connectivity index (χ1) is 13.5. The van der Waals surface area contributed by atoms with E-state index in [0.717, 1.165) is 5.56 Å². The highest BCUT2D eigenvalue weighted by atomic mass is 19.1. The number of fused-ring (bicyclic) bond motifs is 1. The van der Waals surface area contributed by atoms with Crippen LogP contribution in [0.1, 0.15) is 39.6 Å². The molecule has 6 nitrogen and oxygen atoms in total. The molecular weight excluding hydrogens is 361 g/mol.